The van der Waals surface area contributed by atoms with E-state index < -0.39 is 11.8 Å². The molecule has 0 aliphatic rings. The van der Waals surface area contributed by atoms with Crippen molar-refractivity contribution >= 4 is 6.29 Å². The summed E-state index contributed by atoms with van der Waals surface area (Å²) in [6.45, 7) is 1.28. The average Bonchev–Trinajstić information content (AvgIpc) is 2.18. The van der Waals surface area contributed by atoms with E-state index in [2.05, 4.69) is 0 Å². The number of aliphatic hydroxyl groups is 2. The lowest BCUT2D eigenvalue weighted by Crippen LogP contribution is -2.46. The number of carbonyl (C=O) groups excluding carboxylic acids is 1. The molecule has 0 radical (unpaired) electrons. The van der Waals surface area contributed by atoms with Crippen LogP contribution < -0.4 is 5.73 Å². The molecule has 0 heterocycles. The van der Waals surface area contributed by atoms with Gasteiger partial charge in [0.25, 0.3) is 0 Å². The van der Waals surface area contributed by atoms with Gasteiger partial charge in [-0.15, -0.1) is 0 Å². The second-order valence-electron chi connectivity index (χ2n) is 3.40. The number of carbonyl (C=O) groups is 1. The number of rotatable bonds is 3. The van der Waals surface area contributed by atoms with Gasteiger partial charge in [0.15, 0.2) is 5.72 Å². The van der Waals surface area contributed by atoms with Crippen molar-refractivity contribution in [1.29, 1.82) is 0 Å². The molecule has 0 spiro atoms. The van der Waals surface area contributed by atoms with E-state index in [1.165, 1.54) is 25.1 Å². The Labute approximate surface area is 86.8 Å². The Bertz CT molecular complexity index is 374. The minimum atomic E-state index is -2.08. The third-order valence-corrected chi connectivity index (χ3v) is 2.23. The number of benzene rings is 1. The molecule has 5 heteroatoms. The summed E-state index contributed by atoms with van der Waals surface area (Å²) in [5, 5.41) is 28.4. The quantitative estimate of drug-likeness (QED) is 0.405. The molecule has 0 bridgehead atoms. The molecule has 15 heavy (non-hydrogen) atoms. The molecule has 5 N–H and O–H groups in total. The maximum atomic E-state index is 10.5. The van der Waals surface area contributed by atoms with Crippen molar-refractivity contribution < 1.29 is 20.1 Å². The fourth-order valence-electron chi connectivity index (χ4n) is 1.17. The van der Waals surface area contributed by atoms with Gasteiger partial charge in [-0.05, 0) is 25.1 Å². The number of hydrogen-bond acceptors (Lipinski definition) is 5. The molecule has 0 fully saturated rings. The van der Waals surface area contributed by atoms with Gasteiger partial charge in [0, 0.05) is 11.1 Å². The van der Waals surface area contributed by atoms with Crippen LogP contribution in [0.5, 0.6) is 5.75 Å². The van der Waals surface area contributed by atoms with Crippen molar-refractivity contribution in [2.45, 2.75) is 18.8 Å². The zero-order valence-electron chi connectivity index (χ0n) is 8.21. The Kier molecular flexibility index (Phi) is 3.09. The van der Waals surface area contributed by atoms with E-state index in [1.54, 1.807) is 0 Å². The molecule has 2 atom stereocenters. The van der Waals surface area contributed by atoms with Crippen molar-refractivity contribution in [2.24, 2.45) is 5.73 Å². The molecule has 1 aromatic rings. The molecule has 0 amide bonds. The Hall–Kier alpha value is -1.43. The maximum Gasteiger partial charge on any atom is 0.169 e. The van der Waals surface area contributed by atoms with Gasteiger partial charge in [-0.2, -0.15) is 0 Å². The van der Waals surface area contributed by atoms with Crippen molar-refractivity contribution in [2.75, 3.05) is 0 Å². The molecule has 82 valence electrons. The Morgan fingerprint density at radius 2 is 2.13 bits per heavy atom. The van der Waals surface area contributed by atoms with Crippen LogP contribution in [-0.2, 0) is 5.72 Å². The van der Waals surface area contributed by atoms with Crippen LogP contribution in [0.15, 0.2) is 18.2 Å². The second-order valence-corrected chi connectivity index (χ2v) is 3.40. The highest BCUT2D eigenvalue weighted by atomic mass is 16.4. The molecule has 0 saturated heterocycles. The standard InChI is InChI=1S/C10H13NO4/c1-6(13)10(11,15)8-4-7(5-12)2-3-9(8)14/h2-6,13-15H,11H2,1H3/t6-,10+/m1/s1. The molecule has 1 rings (SSSR count). The topological polar surface area (TPSA) is 104 Å². The summed E-state index contributed by atoms with van der Waals surface area (Å²) in [6, 6.07) is 3.85. The van der Waals surface area contributed by atoms with E-state index in [1.807, 2.05) is 0 Å². The van der Waals surface area contributed by atoms with Crippen molar-refractivity contribution in [3.05, 3.63) is 29.3 Å². The maximum absolute atomic E-state index is 10.5. The molecular weight excluding hydrogens is 198 g/mol. The largest absolute Gasteiger partial charge is 0.508 e. The van der Waals surface area contributed by atoms with Crippen LogP contribution in [0.4, 0.5) is 0 Å². The van der Waals surface area contributed by atoms with Gasteiger partial charge in [-0.25, -0.2) is 0 Å². The fraction of sp³-hybridized carbons (Fsp3) is 0.300. The predicted molar refractivity (Wildman–Crippen MR) is 53.3 cm³/mol. The van der Waals surface area contributed by atoms with E-state index in [-0.39, 0.29) is 16.9 Å². The lowest BCUT2D eigenvalue weighted by atomic mass is 9.96. The van der Waals surface area contributed by atoms with Crippen molar-refractivity contribution in [3.63, 3.8) is 0 Å². The first kappa shape index (κ1) is 11.6. The minimum Gasteiger partial charge on any atom is -0.508 e. The predicted octanol–water partition coefficient (Wildman–Crippen LogP) is -0.311. The first-order valence-electron chi connectivity index (χ1n) is 4.37. The Morgan fingerprint density at radius 1 is 1.53 bits per heavy atom. The van der Waals surface area contributed by atoms with Crippen molar-refractivity contribution in [1.82, 2.24) is 0 Å². The smallest absolute Gasteiger partial charge is 0.169 e. The number of hydrogen-bond donors (Lipinski definition) is 4. The van der Waals surface area contributed by atoms with Crippen LogP contribution in [0, 0.1) is 0 Å². The fourth-order valence-corrected chi connectivity index (χ4v) is 1.17. The number of aromatic hydroxyl groups is 1. The molecule has 0 saturated carbocycles. The highest BCUT2D eigenvalue weighted by molar-refractivity contribution is 5.75. The summed E-state index contributed by atoms with van der Waals surface area (Å²) in [5.74, 6) is -0.272. The highest BCUT2D eigenvalue weighted by Crippen LogP contribution is 2.28. The molecule has 0 aliphatic heterocycles. The van der Waals surface area contributed by atoms with Gasteiger partial charge in [0.2, 0.25) is 0 Å². The van der Waals surface area contributed by atoms with E-state index in [9.17, 15) is 20.1 Å². The van der Waals surface area contributed by atoms with Crippen LogP contribution >= 0.6 is 0 Å². The molecule has 1 aromatic carbocycles. The normalized spacial score (nSPS) is 16.8. The molecule has 0 unspecified atom stereocenters. The van der Waals surface area contributed by atoms with Gasteiger partial charge >= 0.3 is 0 Å². The number of aldehydes is 1. The van der Waals surface area contributed by atoms with Gasteiger partial charge in [-0.3, -0.25) is 10.5 Å². The number of aliphatic hydroxyl groups excluding tert-OH is 1. The summed E-state index contributed by atoms with van der Waals surface area (Å²) < 4.78 is 0. The average molecular weight is 211 g/mol. The third kappa shape index (κ3) is 2.15. The van der Waals surface area contributed by atoms with E-state index in [4.69, 9.17) is 5.73 Å². The molecule has 0 aliphatic carbocycles. The SMILES string of the molecule is C[C@@H](O)[C@](N)(O)c1cc(C=O)ccc1O. The zero-order valence-corrected chi connectivity index (χ0v) is 8.21. The van der Waals surface area contributed by atoms with Gasteiger partial charge in [0.1, 0.15) is 12.0 Å². The summed E-state index contributed by atoms with van der Waals surface area (Å²) in [4.78, 5) is 10.5. The lowest BCUT2D eigenvalue weighted by Gasteiger charge is -2.27. The Morgan fingerprint density at radius 3 is 2.60 bits per heavy atom. The van der Waals surface area contributed by atoms with Crippen LogP contribution in [0.1, 0.15) is 22.8 Å². The monoisotopic (exact) mass is 211 g/mol. The summed E-state index contributed by atoms with van der Waals surface area (Å²) >= 11 is 0. The lowest BCUT2D eigenvalue weighted by molar-refractivity contribution is -0.0682. The molecule has 5 nitrogen and oxygen atoms in total. The third-order valence-electron chi connectivity index (χ3n) is 2.23. The van der Waals surface area contributed by atoms with E-state index in [0.29, 0.717) is 6.29 Å². The highest BCUT2D eigenvalue weighted by Gasteiger charge is 2.32. The first-order valence-corrected chi connectivity index (χ1v) is 4.37. The number of phenolic OH excluding ortho intramolecular Hbond substituents is 1. The van der Waals surface area contributed by atoms with Gasteiger partial charge < -0.3 is 15.3 Å². The van der Waals surface area contributed by atoms with Gasteiger partial charge in [-0.1, -0.05) is 0 Å². The number of nitrogens with two attached hydrogens (primary N) is 1. The summed E-state index contributed by atoms with van der Waals surface area (Å²) in [6.07, 6.45) is -0.716. The van der Waals surface area contributed by atoms with Crippen molar-refractivity contribution in [3.8, 4) is 5.75 Å². The van der Waals surface area contributed by atoms with Crippen LogP contribution in [-0.4, -0.2) is 27.7 Å². The minimum absolute atomic E-state index is 0.0814. The van der Waals surface area contributed by atoms with Crippen LogP contribution in [0.25, 0.3) is 0 Å². The zero-order chi connectivity index (χ0) is 11.6. The Balaban J connectivity index is 3.29. The van der Waals surface area contributed by atoms with Crippen LogP contribution in [0.2, 0.25) is 0 Å². The van der Waals surface area contributed by atoms with Crippen LogP contribution in [0.3, 0.4) is 0 Å². The molecule has 0 aromatic heterocycles. The van der Waals surface area contributed by atoms with Gasteiger partial charge in [0.05, 0.1) is 6.10 Å². The van der Waals surface area contributed by atoms with E-state index >= 15 is 0 Å². The summed E-state index contributed by atoms with van der Waals surface area (Å²) in [7, 11) is 0. The first-order chi connectivity index (χ1) is 6.89. The number of phenols is 1. The summed E-state index contributed by atoms with van der Waals surface area (Å²) in [5.41, 5.74) is 3.53. The van der Waals surface area contributed by atoms with E-state index in [0.717, 1.165) is 0 Å². The molecular formula is C10H13NO4. The second kappa shape index (κ2) is 3.98.